The third-order valence-corrected chi connectivity index (χ3v) is 3.61. The van der Waals surface area contributed by atoms with E-state index in [1.807, 2.05) is 19.2 Å². The molecular formula is C14H15N3O2S. The molecule has 2 rings (SSSR count). The van der Waals surface area contributed by atoms with Crippen molar-refractivity contribution in [1.82, 2.24) is 4.98 Å². The monoisotopic (exact) mass is 289 g/mol. The Balaban J connectivity index is 2.21. The second-order valence-electron chi connectivity index (χ2n) is 4.60. The molecule has 0 saturated carbocycles. The van der Waals surface area contributed by atoms with Crippen molar-refractivity contribution in [2.45, 2.75) is 19.8 Å². The van der Waals surface area contributed by atoms with Crippen LogP contribution in [0.5, 0.6) is 0 Å². The SMILES string of the molecule is CC(C)c1csc(C(=O)Nc2ccccc2C(N)=O)n1. The van der Waals surface area contributed by atoms with Gasteiger partial charge < -0.3 is 11.1 Å². The number of rotatable bonds is 4. The Hall–Kier alpha value is -2.21. The summed E-state index contributed by atoms with van der Waals surface area (Å²) >= 11 is 1.28. The van der Waals surface area contributed by atoms with E-state index < -0.39 is 5.91 Å². The molecule has 0 radical (unpaired) electrons. The highest BCUT2D eigenvalue weighted by Crippen LogP contribution is 2.20. The molecule has 1 aromatic carbocycles. The number of carbonyl (C=O) groups is 2. The van der Waals surface area contributed by atoms with Gasteiger partial charge in [-0.3, -0.25) is 9.59 Å². The van der Waals surface area contributed by atoms with Crippen LogP contribution in [0.2, 0.25) is 0 Å². The summed E-state index contributed by atoms with van der Waals surface area (Å²) in [6.07, 6.45) is 0. The Bertz CT molecular complexity index is 649. The van der Waals surface area contributed by atoms with Gasteiger partial charge in [0.05, 0.1) is 16.9 Å². The summed E-state index contributed by atoms with van der Waals surface area (Å²) in [7, 11) is 0. The molecule has 3 N–H and O–H groups in total. The van der Waals surface area contributed by atoms with Gasteiger partial charge in [0.15, 0.2) is 5.01 Å². The number of benzene rings is 1. The van der Waals surface area contributed by atoms with Crippen LogP contribution in [0.15, 0.2) is 29.6 Å². The van der Waals surface area contributed by atoms with Crippen molar-refractivity contribution in [3.05, 3.63) is 45.9 Å². The summed E-state index contributed by atoms with van der Waals surface area (Å²) in [6, 6.07) is 6.62. The number of aromatic nitrogens is 1. The minimum Gasteiger partial charge on any atom is -0.366 e. The van der Waals surface area contributed by atoms with Crippen molar-refractivity contribution in [2.24, 2.45) is 5.73 Å². The van der Waals surface area contributed by atoms with E-state index in [0.29, 0.717) is 10.7 Å². The molecular weight excluding hydrogens is 274 g/mol. The Labute approximate surface area is 120 Å². The molecule has 2 amide bonds. The highest BCUT2D eigenvalue weighted by molar-refractivity contribution is 7.11. The molecule has 0 saturated heterocycles. The molecule has 0 fully saturated rings. The number of nitrogens with zero attached hydrogens (tertiary/aromatic N) is 1. The minimum atomic E-state index is -0.581. The lowest BCUT2D eigenvalue weighted by Gasteiger charge is -2.07. The van der Waals surface area contributed by atoms with Gasteiger partial charge in [-0.25, -0.2) is 4.98 Å². The smallest absolute Gasteiger partial charge is 0.284 e. The molecule has 2 aromatic rings. The van der Waals surface area contributed by atoms with E-state index in [0.717, 1.165) is 5.69 Å². The molecule has 20 heavy (non-hydrogen) atoms. The Morgan fingerprint density at radius 1 is 1.30 bits per heavy atom. The fourth-order valence-electron chi connectivity index (χ4n) is 1.64. The van der Waals surface area contributed by atoms with E-state index in [2.05, 4.69) is 10.3 Å². The molecule has 1 heterocycles. The highest BCUT2D eigenvalue weighted by Gasteiger charge is 2.15. The number of anilines is 1. The van der Waals surface area contributed by atoms with Crippen LogP contribution in [0, 0.1) is 0 Å². The van der Waals surface area contributed by atoms with Gasteiger partial charge in [-0.15, -0.1) is 11.3 Å². The van der Waals surface area contributed by atoms with Crippen molar-refractivity contribution in [3.8, 4) is 0 Å². The van der Waals surface area contributed by atoms with Gasteiger partial charge in [0.1, 0.15) is 0 Å². The quantitative estimate of drug-likeness (QED) is 0.907. The van der Waals surface area contributed by atoms with Crippen LogP contribution in [-0.2, 0) is 0 Å². The first-order chi connectivity index (χ1) is 9.49. The van der Waals surface area contributed by atoms with Crippen LogP contribution in [0.4, 0.5) is 5.69 Å². The third kappa shape index (κ3) is 3.03. The zero-order chi connectivity index (χ0) is 14.7. The van der Waals surface area contributed by atoms with Gasteiger partial charge in [0.2, 0.25) is 0 Å². The van der Waals surface area contributed by atoms with E-state index in [1.165, 1.54) is 11.3 Å². The van der Waals surface area contributed by atoms with Crippen molar-refractivity contribution < 1.29 is 9.59 Å². The van der Waals surface area contributed by atoms with Gasteiger partial charge in [-0.1, -0.05) is 26.0 Å². The van der Waals surface area contributed by atoms with E-state index in [9.17, 15) is 9.59 Å². The van der Waals surface area contributed by atoms with Crippen molar-refractivity contribution >= 4 is 28.8 Å². The normalized spacial score (nSPS) is 10.6. The lowest BCUT2D eigenvalue weighted by molar-refractivity contribution is 0.100. The lowest BCUT2D eigenvalue weighted by Crippen LogP contribution is -2.18. The lowest BCUT2D eigenvalue weighted by atomic mass is 10.1. The number of primary amides is 1. The summed E-state index contributed by atoms with van der Waals surface area (Å²) in [5.74, 6) is -0.649. The molecule has 0 spiro atoms. The molecule has 0 aliphatic carbocycles. The number of nitrogens with one attached hydrogen (secondary N) is 1. The molecule has 0 aliphatic heterocycles. The summed E-state index contributed by atoms with van der Waals surface area (Å²) in [4.78, 5) is 27.7. The second-order valence-corrected chi connectivity index (χ2v) is 5.45. The molecule has 0 bridgehead atoms. The van der Waals surface area contributed by atoms with Crippen LogP contribution in [0.25, 0.3) is 0 Å². The maximum atomic E-state index is 12.1. The maximum Gasteiger partial charge on any atom is 0.284 e. The zero-order valence-corrected chi connectivity index (χ0v) is 12.0. The number of nitrogens with two attached hydrogens (primary N) is 1. The number of thiazole rings is 1. The average Bonchev–Trinajstić information content (AvgIpc) is 2.89. The second kappa shape index (κ2) is 5.83. The first kappa shape index (κ1) is 14.2. The van der Waals surface area contributed by atoms with E-state index in [-0.39, 0.29) is 17.4 Å². The summed E-state index contributed by atoms with van der Waals surface area (Å²) in [5, 5.41) is 4.90. The Morgan fingerprint density at radius 3 is 2.60 bits per heavy atom. The van der Waals surface area contributed by atoms with Gasteiger partial charge in [-0.05, 0) is 18.1 Å². The topological polar surface area (TPSA) is 85.1 Å². The molecule has 0 atom stereocenters. The predicted molar refractivity (Wildman–Crippen MR) is 79.1 cm³/mol. The number of hydrogen-bond acceptors (Lipinski definition) is 4. The number of hydrogen-bond donors (Lipinski definition) is 2. The van der Waals surface area contributed by atoms with E-state index in [1.54, 1.807) is 24.3 Å². The average molecular weight is 289 g/mol. The summed E-state index contributed by atoms with van der Waals surface area (Å²) < 4.78 is 0. The predicted octanol–water partition coefficient (Wildman–Crippen LogP) is 2.62. The van der Waals surface area contributed by atoms with Gasteiger partial charge >= 0.3 is 0 Å². The Morgan fingerprint density at radius 2 is 2.00 bits per heavy atom. The van der Waals surface area contributed by atoms with Crippen LogP contribution < -0.4 is 11.1 Å². The van der Waals surface area contributed by atoms with Crippen molar-refractivity contribution in [3.63, 3.8) is 0 Å². The van der Waals surface area contributed by atoms with Crippen LogP contribution in [-0.4, -0.2) is 16.8 Å². The summed E-state index contributed by atoms with van der Waals surface area (Å²) in [6.45, 7) is 4.03. The maximum absolute atomic E-state index is 12.1. The third-order valence-electron chi connectivity index (χ3n) is 2.75. The van der Waals surface area contributed by atoms with E-state index in [4.69, 9.17) is 5.73 Å². The summed E-state index contributed by atoms with van der Waals surface area (Å²) in [5.41, 5.74) is 6.82. The minimum absolute atomic E-state index is 0.269. The fourth-order valence-corrected chi connectivity index (χ4v) is 2.51. The molecule has 104 valence electrons. The fraction of sp³-hybridized carbons (Fsp3) is 0.214. The largest absolute Gasteiger partial charge is 0.366 e. The molecule has 5 nitrogen and oxygen atoms in total. The van der Waals surface area contributed by atoms with Crippen molar-refractivity contribution in [2.75, 3.05) is 5.32 Å². The zero-order valence-electron chi connectivity index (χ0n) is 11.2. The van der Waals surface area contributed by atoms with Gasteiger partial charge in [0.25, 0.3) is 11.8 Å². The van der Waals surface area contributed by atoms with Gasteiger partial charge in [0, 0.05) is 5.38 Å². The first-order valence-electron chi connectivity index (χ1n) is 6.14. The van der Waals surface area contributed by atoms with Gasteiger partial charge in [-0.2, -0.15) is 0 Å². The number of amides is 2. The van der Waals surface area contributed by atoms with Crippen LogP contribution in [0.3, 0.4) is 0 Å². The van der Waals surface area contributed by atoms with Crippen LogP contribution >= 0.6 is 11.3 Å². The number of carbonyl (C=O) groups excluding carboxylic acids is 2. The Kier molecular flexibility index (Phi) is 4.14. The molecule has 0 aliphatic rings. The molecule has 6 heteroatoms. The first-order valence-corrected chi connectivity index (χ1v) is 7.02. The van der Waals surface area contributed by atoms with E-state index >= 15 is 0 Å². The van der Waals surface area contributed by atoms with Crippen LogP contribution in [0.1, 0.15) is 45.6 Å². The number of para-hydroxylation sites is 1. The molecule has 0 unspecified atom stereocenters. The standard InChI is InChI=1S/C14H15N3O2S/c1-8(2)11-7-20-14(17-11)13(19)16-10-6-4-3-5-9(10)12(15)18/h3-8H,1-2H3,(H2,15,18)(H,16,19). The van der Waals surface area contributed by atoms with Crippen molar-refractivity contribution in [1.29, 1.82) is 0 Å². The highest BCUT2D eigenvalue weighted by atomic mass is 32.1. The molecule has 1 aromatic heterocycles.